The molecule has 2 rings (SSSR count). The van der Waals surface area contributed by atoms with Gasteiger partial charge in [-0.3, -0.25) is 0 Å². The van der Waals surface area contributed by atoms with Crippen molar-refractivity contribution < 1.29 is 0 Å². The molecule has 0 aromatic heterocycles. The van der Waals surface area contributed by atoms with Gasteiger partial charge >= 0.3 is 0 Å². The number of nitrogens with one attached hydrogen (secondary N) is 1. The van der Waals surface area contributed by atoms with Gasteiger partial charge in [-0.2, -0.15) is 0 Å². The van der Waals surface area contributed by atoms with Gasteiger partial charge in [-0.05, 0) is 37.3 Å². The number of nitrogen functional groups attached to an aromatic ring is 1. The third-order valence-electron chi connectivity index (χ3n) is 4.28. The molecule has 1 aliphatic rings. The predicted octanol–water partition coefficient (Wildman–Crippen LogP) is 3.72. The molecule has 1 aliphatic carbocycles. The monoisotopic (exact) mass is 246 g/mol. The maximum atomic E-state index is 5.97. The Morgan fingerprint density at radius 3 is 2.50 bits per heavy atom. The molecule has 18 heavy (non-hydrogen) atoms. The second kappa shape index (κ2) is 6.79. The molecule has 0 radical (unpaired) electrons. The average molecular weight is 246 g/mol. The summed E-state index contributed by atoms with van der Waals surface area (Å²) in [6.45, 7) is 3.22. The number of hydrogen-bond donors (Lipinski definition) is 2. The van der Waals surface area contributed by atoms with Crippen LogP contribution in [0.3, 0.4) is 0 Å². The number of hydrogen-bond acceptors (Lipinski definition) is 2. The molecule has 0 amide bonds. The van der Waals surface area contributed by atoms with E-state index in [1.807, 2.05) is 12.1 Å². The van der Waals surface area contributed by atoms with E-state index >= 15 is 0 Å². The van der Waals surface area contributed by atoms with E-state index in [0.717, 1.165) is 18.2 Å². The van der Waals surface area contributed by atoms with Crippen LogP contribution >= 0.6 is 0 Å². The number of benzene rings is 1. The lowest BCUT2D eigenvalue weighted by Crippen LogP contribution is -2.33. The largest absolute Gasteiger partial charge is 0.398 e. The maximum absolute atomic E-state index is 5.97. The Labute approximate surface area is 111 Å². The van der Waals surface area contributed by atoms with Crippen LogP contribution in [0.15, 0.2) is 24.3 Å². The van der Waals surface area contributed by atoms with E-state index in [1.54, 1.807) is 0 Å². The van der Waals surface area contributed by atoms with Gasteiger partial charge in [-0.15, -0.1) is 0 Å². The Hall–Kier alpha value is -1.02. The zero-order valence-electron chi connectivity index (χ0n) is 11.5. The van der Waals surface area contributed by atoms with Gasteiger partial charge in [0, 0.05) is 18.3 Å². The fourth-order valence-corrected chi connectivity index (χ4v) is 2.94. The van der Waals surface area contributed by atoms with Gasteiger partial charge in [-0.1, -0.05) is 43.9 Å². The molecule has 2 nitrogen and oxygen atoms in total. The van der Waals surface area contributed by atoms with E-state index < -0.39 is 0 Å². The topological polar surface area (TPSA) is 38.0 Å². The fourth-order valence-electron chi connectivity index (χ4n) is 2.94. The van der Waals surface area contributed by atoms with Crippen molar-refractivity contribution in [2.24, 2.45) is 5.92 Å². The Morgan fingerprint density at radius 2 is 1.83 bits per heavy atom. The lowest BCUT2D eigenvalue weighted by Gasteiger charge is -2.24. The minimum Gasteiger partial charge on any atom is -0.398 e. The molecule has 1 aromatic rings. The summed E-state index contributed by atoms with van der Waals surface area (Å²) in [6.07, 6.45) is 8.44. The zero-order valence-corrected chi connectivity index (χ0v) is 11.5. The molecule has 0 aliphatic heterocycles. The SMILES string of the molecule is C[C@H](NCc1ccccc1N)C1CCCCCC1. The van der Waals surface area contributed by atoms with Crippen LogP contribution in [0.1, 0.15) is 51.0 Å². The first-order valence-electron chi connectivity index (χ1n) is 7.34. The van der Waals surface area contributed by atoms with Crippen molar-refractivity contribution in [3.05, 3.63) is 29.8 Å². The van der Waals surface area contributed by atoms with Crippen LogP contribution in [0.2, 0.25) is 0 Å². The molecule has 0 saturated heterocycles. The number of para-hydroxylation sites is 1. The lowest BCUT2D eigenvalue weighted by atomic mass is 9.93. The van der Waals surface area contributed by atoms with Gasteiger partial charge in [0.1, 0.15) is 0 Å². The van der Waals surface area contributed by atoms with E-state index in [2.05, 4.69) is 24.4 Å². The van der Waals surface area contributed by atoms with Crippen molar-refractivity contribution in [1.29, 1.82) is 0 Å². The normalized spacial score (nSPS) is 19.4. The first-order chi connectivity index (χ1) is 8.77. The molecule has 1 atom stereocenters. The van der Waals surface area contributed by atoms with Gasteiger partial charge in [0.2, 0.25) is 0 Å². The summed E-state index contributed by atoms with van der Waals surface area (Å²) >= 11 is 0. The van der Waals surface area contributed by atoms with Crippen LogP contribution in [0.4, 0.5) is 5.69 Å². The van der Waals surface area contributed by atoms with Crippen molar-refractivity contribution in [2.45, 2.75) is 58.0 Å². The van der Waals surface area contributed by atoms with E-state index in [-0.39, 0.29) is 0 Å². The fraction of sp³-hybridized carbons (Fsp3) is 0.625. The molecule has 0 heterocycles. The summed E-state index contributed by atoms with van der Waals surface area (Å²) in [5.74, 6) is 0.845. The molecule has 1 fully saturated rings. The van der Waals surface area contributed by atoms with Crippen LogP contribution in [0.5, 0.6) is 0 Å². The number of nitrogens with two attached hydrogens (primary N) is 1. The summed E-state index contributed by atoms with van der Waals surface area (Å²) in [5.41, 5.74) is 8.09. The van der Waals surface area contributed by atoms with Gasteiger partial charge < -0.3 is 11.1 Å². The molecular formula is C16H26N2. The van der Waals surface area contributed by atoms with Gasteiger partial charge in [0.15, 0.2) is 0 Å². The van der Waals surface area contributed by atoms with Crippen molar-refractivity contribution in [3.8, 4) is 0 Å². The van der Waals surface area contributed by atoms with Gasteiger partial charge in [-0.25, -0.2) is 0 Å². The van der Waals surface area contributed by atoms with Crippen molar-refractivity contribution in [3.63, 3.8) is 0 Å². The van der Waals surface area contributed by atoms with Crippen LogP contribution in [-0.2, 0) is 6.54 Å². The third-order valence-corrected chi connectivity index (χ3v) is 4.28. The van der Waals surface area contributed by atoms with Crippen LogP contribution in [0.25, 0.3) is 0 Å². The molecule has 0 bridgehead atoms. The quantitative estimate of drug-likeness (QED) is 0.627. The number of anilines is 1. The highest BCUT2D eigenvalue weighted by molar-refractivity contribution is 5.46. The van der Waals surface area contributed by atoms with E-state index in [1.165, 1.54) is 44.1 Å². The Kier molecular flexibility index (Phi) is 5.06. The molecule has 100 valence electrons. The Bertz CT molecular complexity index is 354. The molecule has 3 N–H and O–H groups in total. The van der Waals surface area contributed by atoms with Crippen molar-refractivity contribution in [1.82, 2.24) is 5.32 Å². The maximum Gasteiger partial charge on any atom is 0.0359 e. The smallest absolute Gasteiger partial charge is 0.0359 e. The second-order valence-electron chi connectivity index (χ2n) is 5.62. The summed E-state index contributed by atoms with van der Waals surface area (Å²) in [4.78, 5) is 0. The van der Waals surface area contributed by atoms with Crippen molar-refractivity contribution >= 4 is 5.69 Å². The highest BCUT2D eigenvalue weighted by Gasteiger charge is 2.18. The van der Waals surface area contributed by atoms with Gasteiger partial charge in [0.05, 0.1) is 0 Å². The van der Waals surface area contributed by atoms with E-state index in [0.29, 0.717) is 6.04 Å². The molecule has 2 heteroatoms. The third kappa shape index (κ3) is 3.74. The van der Waals surface area contributed by atoms with Gasteiger partial charge in [0.25, 0.3) is 0 Å². The molecule has 0 spiro atoms. The first kappa shape index (κ1) is 13.4. The summed E-state index contributed by atoms with van der Waals surface area (Å²) in [5, 5.41) is 3.66. The minimum atomic E-state index is 0.600. The molecular weight excluding hydrogens is 220 g/mol. The molecule has 1 aromatic carbocycles. The van der Waals surface area contributed by atoms with Crippen LogP contribution in [0, 0.1) is 5.92 Å². The van der Waals surface area contributed by atoms with Crippen LogP contribution < -0.4 is 11.1 Å². The Balaban J connectivity index is 1.83. The predicted molar refractivity (Wildman–Crippen MR) is 78.3 cm³/mol. The number of rotatable bonds is 4. The average Bonchev–Trinajstić information content (AvgIpc) is 2.66. The summed E-state index contributed by atoms with van der Waals surface area (Å²) < 4.78 is 0. The lowest BCUT2D eigenvalue weighted by molar-refractivity contribution is 0.337. The summed E-state index contributed by atoms with van der Waals surface area (Å²) in [7, 11) is 0. The standard InChI is InChI=1S/C16H26N2/c1-13(14-8-4-2-3-5-9-14)18-12-15-10-6-7-11-16(15)17/h6-7,10-11,13-14,18H,2-5,8-9,12,17H2,1H3/t13-/m0/s1. The van der Waals surface area contributed by atoms with Crippen molar-refractivity contribution in [2.75, 3.05) is 5.73 Å². The minimum absolute atomic E-state index is 0.600. The second-order valence-corrected chi connectivity index (χ2v) is 5.62. The first-order valence-corrected chi connectivity index (χ1v) is 7.34. The molecule has 1 saturated carbocycles. The zero-order chi connectivity index (χ0) is 12.8. The van der Waals surface area contributed by atoms with Crippen LogP contribution in [-0.4, -0.2) is 6.04 Å². The van der Waals surface area contributed by atoms with E-state index in [4.69, 9.17) is 5.73 Å². The summed E-state index contributed by atoms with van der Waals surface area (Å²) in [6, 6.07) is 8.75. The Morgan fingerprint density at radius 1 is 1.17 bits per heavy atom. The molecule has 0 unspecified atom stereocenters. The highest BCUT2D eigenvalue weighted by atomic mass is 14.9. The highest BCUT2D eigenvalue weighted by Crippen LogP contribution is 2.25. The van der Waals surface area contributed by atoms with E-state index in [9.17, 15) is 0 Å².